The third-order valence-electron chi connectivity index (χ3n) is 7.92. The number of piperidine rings is 1. The number of nitrogens with zero attached hydrogens (tertiary/aromatic N) is 3. The minimum absolute atomic E-state index is 0.0247. The van der Waals surface area contributed by atoms with Crippen LogP contribution in [0.2, 0.25) is 0 Å². The molecule has 1 fully saturated rings. The van der Waals surface area contributed by atoms with E-state index in [4.69, 9.17) is 10.5 Å². The topological polar surface area (TPSA) is 149 Å². The second kappa shape index (κ2) is 14.2. The molecule has 1 atom stereocenters. The number of fused-ring (bicyclic) bond motifs is 1. The molecule has 5 rings (SSSR count). The number of nitrogens with two attached hydrogens (primary N) is 1. The van der Waals surface area contributed by atoms with E-state index in [2.05, 4.69) is 15.7 Å². The zero-order valence-electron chi connectivity index (χ0n) is 27.6. The lowest BCUT2D eigenvalue weighted by atomic mass is 9.99. The average molecular weight is 697 g/mol. The van der Waals surface area contributed by atoms with Gasteiger partial charge in [-0.1, -0.05) is 18.2 Å². The summed E-state index contributed by atoms with van der Waals surface area (Å²) >= 11 is 0. The highest BCUT2D eigenvalue weighted by Crippen LogP contribution is 2.34. The van der Waals surface area contributed by atoms with Crippen molar-refractivity contribution in [3.05, 3.63) is 83.3 Å². The molecule has 4 aromatic rings. The third kappa shape index (κ3) is 8.57. The summed E-state index contributed by atoms with van der Waals surface area (Å²) in [5.41, 5.74) is 5.48. The van der Waals surface area contributed by atoms with Gasteiger partial charge in [0.15, 0.2) is 5.69 Å². The molecule has 4 N–H and O–H groups in total. The maximum Gasteiger partial charge on any atom is 0.408 e. The van der Waals surface area contributed by atoms with Gasteiger partial charge in [0, 0.05) is 23.2 Å². The average Bonchev–Trinajstić information content (AvgIpc) is 3.38. The highest BCUT2D eigenvalue weighted by Gasteiger charge is 2.32. The molecule has 0 saturated carbocycles. The SMILES string of the molecule is CC(C)(C)OC(=O)Cc1cc(F)ccc1NC(=O)c1ccc(N2CCCCC2C(N)=O)c(NC(=O)c2nn(CC(F)(F)F)c3ccccc23)c1. The van der Waals surface area contributed by atoms with Crippen molar-refractivity contribution >= 4 is 51.7 Å². The van der Waals surface area contributed by atoms with E-state index in [1.165, 1.54) is 42.5 Å². The van der Waals surface area contributed by atoms with Crippen LogP contribution in [0.5, 0.6) is 0 Å². The Hall–Kier alpha value is -5.47. The van der Waals surface area contributed by atoms with Crippen LogP contribution in [0.4, 0.5) is 34.6 Å². The Bertz CT molecular complexity index is 1950. The van der Waals surface area contributed by atoms with Crippen LogP contribution < -0.4 is 21.3 Å². The summed E-state index contributed by atoms with van der Waals surface area (Å²) in [7, 11) is 0. The predicted octanol–water partition coefficient (Wildman–Crippen LogP) is 5.97. The van der Waals surface area contributed by atoms with Crippen LogP contribution in [0.1, 0.15) is 66.4 Å². The number of rotatable bonds is 9. The van der Waals surface area contributed by atoms with Gasteiger partial charge in [-0.3, -0.25) is 23.9 Å². The molecule has 50 heavy (non-hydrogen) atoms. The van der Waals surface area contributed by atoms with Gasteiger partial charge >= 0.3 is 12.1 Å². The van der Waals surface area contributed by atoms with Crippen molar-refractivity contribution in [2.75, 3.05) is 22.1 Å². The Kier molecular flexibility index (Phi) is 10.2. The van der Waals surface area contributed by atoms with E-state index in [-0.39, 0.29) is 45.5 Å². The maximum absolute atomic E-state index is 14.2. The third-order valence-corrected chi connectivity index (χ3v) is 7.92. The summed E-state index contributed by atoms with van der Waals surface area (Å²) in [5.74, 6) is -3.40. The van der Waals surface area contributed by atoms with Crippen molar-refractivity contribution in [3.63, 3.8) is 0 Å². The van der Waals surface area contributed by atoms with E-state index in [1.807, 2.05) is 0 Å². The normalized spacial score (nSPS) is 15.1. The van der Waals surface area contributed by atoms with E-state index >= 15 is 0 Å². The van der Waals surface area contributed by atoms with Crippen molar-refractivity contribution in [1.29, 1.82) is 0 Å². The quantitative estimate of drug-likeness (QED) is 0.144. The van der Waals surface area contributed by atoms with Crippen molar-refractivity contribution in [1.82, 2.24) is 9.78 Å². The standard InChI is InChI=1S/C35H36F4N6O5/c1-34(2,3)50-29(46)18-21-16-22(36)12-13-24(21)41-32(48)20-11-14-27(44-15-7-6-10-28(44)31(40)47)25(17-20)42-33(49)30-23-8-4-5-9-26(23)45(43-30)19-35(37,38)39/h4-5,8-9,11-14,16-17,28H,6-7,10,15,18-19H2,1-3H3,(H2,40,47)(H,41,48)(H,42,49). The highest BCUT2D eigenvalue weighted by molar-refractivity contribution is 6.13. The Morgan fingerprint density at radius 1 is 0.940 bits per heavy atom. The number of halogens is 4. The number of hydrogen-bond donors (Lipinski definition) is 3. The number of carbonyl (C=O) groups excluding carboxylic acids is 4. The molecule has 0 radical (unpaired) electrons. The number of aromatic nitrogens is 2. The fraction of sp³-hybridized carbons (Fsp3) is 0.343. The first kappa shape index (κ1) is 35.8. The molecular weight excluding hydrogens is 660 g/mol. The number of amides is 3. The molecule has 2 heterocycles. The van der Waals surface area contributed by atoms with Crippen LogP contribution in [0.25, 0.3) is 10.9 Å². The summed E-state index contributed by atoms with van der Waals surface area (Å²) in [6, 6.07) is 13.1. The fourth-order valence-electron chi connectivity index (χ4n) is 5.87. The van der Waals surface area contributed by atoms with Gasteiger partial charge in [-0.05, 0) is 88.1 Å². The summed E-state index contributed by atoms with van der Waals surface area (Å²) in [6.07, 6.45) is -3.05. The number of para-hydroxylation sites is 1. The molecule has 264 valence electrons. The van der Waals surface area contributed by atoms with Crippen molar-refractivity contribution < 1.29 is 41.5 Å². The lowest BCUT2D eigenvalue weighted by molar-refractivity contribution is -0.154. The zero-order chi connectivity index (χ0) is 36.4. The summed E-state index contributed by atoms with van der Waals surface area (Å²) < 4.78 is 60.3. The molecule has 0 aliphatic carbocycles. The monoisotopic (exact) mass is 696 g/mol. The predicted molar refractivity (Wildman–Crippen MR) is 178 cm³/mol. The van der Waals surface area contributed by atoms with Gasteiger partial charge in [0.05, 0.1) is 23.3 Å². The van der Waals surface area contributed by atoms with Gasteiger partial charge in [-0.15, -0.1) is 0 Å². The number of primary amides is 1. The first-order chi connectivity index (χ1) is 23.5. The highest BCUT2D eigenvalue weighted by atomic mass is 19.4. The molecule has 1 aliphatic heterocycles. The largest absolute Gasteiger partial charge is 0.460 e. The van der Waals surface area contributed by atoms with E-state index in [0.29, 0.717) is 29.8 Å². The Morgan fingerprint density at radius 2 is 1.66 bits per heavy atom. The van der Waals surface area contributed by atoms with Crippen LogP contribution in [-0.2, 0) is 27.3 Å². The fourth-order valence-corrected chi connectivity index (χ4v) is 5.87. The van der Waals surface area contributed by atoms with Gasteiger partial charge < -0.3 is 26.0 Å². The van der Waals surface area contributed by atoms with Crippen molar-refractivity contribution in [2.24, 2.45) is 5.73 Å². The van der Waals surface area contributed by atoms with Gasteiger partial charge in [0.2, 0.25) is 5.91 Å². The van der Waals surface area contributed by atoms with Crippen LogP contribution in [0, 0.1) is 5.82 Å². The number of alkyl halides is 3. The van der Waals surface area contributed by atoms with Crippen molar-refractivity contribution in [3.8, 4) is 0 Å². The number of carbonyl (C=O) groups is 4. The van der Waals surface area contributed by atoms with E-state index in [1.54, 1.807) is 31.7 Å². The number of hydrogen-bond acceptors (Lipinski definition) is 7. The van der Waals surface area contributed by atoms with Crippen molar-refractivity contribution in [2.45, 2.75) is 70.8 Å². The van der Waals surface area contributed by atoms with Crippen LogP contribution in [-0.4, -0.2) is 57.8 Å². The lowest BCUT2D eigenvalue weighted by Gasteiger charge is -2.36. The molecule has 1 aliphatic rings. The number of benzene rings is 3. The summed E-state index contributed by atoms with van der Waals surface area (Å²) in [4.78, 5) is 54.0. The second-order valence-electron chi connectivity index (χ2n) is 13.0. The number of anilines is 3. The molecule has 0 spiro atoms. The molecule has 0 bridgehead atoms. The smallest absolute Gasteiger partial charge is 0.408 e. The van der Waals surface area contributed by atoms with Crippen LogP contribution in [0.3, 0.4) is 0 Å². The first-order valence-corrected chi connectivity index (χ1v) is 15.8. The second-order valence-corrected chi connectivity index (χ2v) is 13.0. The van der Waals surface area contributed by atoms with E-state index in [0.717, 1.165) is 18.6 Å². The van der Waals surface area contributed by atoms with Gasteiger partial charge in [-0.2, -0.15) is 18.3 Å². The lowest BCUT2D eigenvalue weighted by Crippen LogP contribution is -2.48. The summed E-state index contributed by atoms with van der Waals surface area (Å²) in [6.45, 7) is 4.03. The molecular formula is C35H36F4N6O5. The molecule has 1 unspecified atom stereocenters. The van der Waals surface area contributed by atoms with Gasteiger partial charge in [0.1, 0.15) is 24.0 Å². The van der Waals surface area contributed by atoms with Gasteiger partial charge in [0.25, 0.3) is 11.8 Å². The molecule has 3 amide bonds. The molecule has 1 aromatic heterocycles. The Morgan fingerprint density at radius 3 is 2.36 bits per heavy atom. The molecule has 15 heteroatoms. The first-order valence-electron chi connectivity index (χ1n) is 15.8. The molecule has 1 saturated heterocycles. The minimum Gasteiger partial charge on any atom is -0.460 e. The zero-order valence-corrected chi connectivity index (χ0v) is 27.6. The van der Waals surface area contributed by atoms with E-state index < -0.39 is 53.9 Å². The van der Waals surface area contributed by atoms with Crippen LogP contribution >= 0.6 is 0 Å². The molecule has 11 nitrogen and oxygen atoms in total. The Balaban J connectivity index is 1.51. The minimum atomic E-state index is -4.60. The van der Waals surface area contributed by atoms with E-state index in [9.17, 15) is 36.7 Å². The number of ether oxygens (including phenoxy) is 1. The van der Waals surface area contributed by atoms with Crippen LogP contribution in [0.15, 0.2) is 60.7 Å². The molecule has 3 aromatic carbocycles. The number of nitrogens with one attached hydrogen (secondary N) is 2. The number of esters is 1. The Labute approximate surface area is 284 Å². The van der Waals surface area contributed by atoms with Gasteiger partial charge in [-0.25, -0.2) is 4.39 Å². The maximum atomic E-state index is 14.2. The summed E-state index contributed by atoms with van der Waals surface area (Å²) in [5, 5.41) is 9.52.